The lowest BCUT2D eigenvalue weighted by atomic mass is 10.1. The molecule has 0 saturated carbocycles. The number of carbonyl (C=O) groups is 1. The molecule has 0 aliphatic carbocycles. The molecule has 1 amide bonds. The highest BCUT2D eigenvalue weighted by Crippen LogP contribution is 2.25. The fourth-order valence-electron chi connectivity index (χ4n) is 2.85. The molecule has 0 spiro atoms. The normalized spacial score (nSPS) is 11.9. The van der Waals surface area contributed by atoms with E-state index in [9.17, 15) is 18.4 Å². The van der Waals surface area contributed by atoms with Gasteiger partial charge in [-0.2, -0.15) is 5.26 Å². The quantitative estimate of drug-likeness (QED) is 0.750. The van der Waals surface area contributed by atoms with Gasteiger partial charge < -0.3 is 5.73 Å². The van der Waals surface area contributed by atoms with Gasteiger partial charge in [0.15, 0.2) is 17.3 Å². The van der Waals surface area contributed by atoms with Gasteiger partial charge in [-0.15, -0.1) is 0 Å². The van der Waals surface area contributed by atoms with E-state index in [1.54, 1.807) is 6.92 Å². The third-order valence-electron chi connectivity index (χ3n) is 4.15. The number of benzene rings is 1. The number of pyridine rings is 1. The molecule has 1 atom stereocenters. The van der Waals surface area contributed by atoms with Gasteiger partial charge in [-0.05, 0) is 25.1 Å². The number of hydrogen-bond donors (Lipinski definition) is 1. The van der Waals surface area contributed by atoms with Gasteiger partial charge in [0.05, 0.1) is 36.1 Å². The highest BCUT2D eigenvalue weighted by molar-refractivity contribution is 5.83. The maximum Gasteiger partial charge on any atom is 0.255 e. The Bertz CT molecular complexity index is 1150. The van der Waals surface area contributed by atoms with E-state index in [-0.39, 0.29) is 22.2 Å². The van der Waals surface area contributed by atoms with Crippen molar-refractivity contribution in [2.24, 2.45) is 5.73 Å². The van der Waals surface area contributed by atoms with Crippen LogP contribution < -0.4 is 11.3 Å². The number of fused-ring (bicyclic) bond motifs is 1. The van der Waals surface area contributed by atoms with Crippen LogP contribution in [0.4, 0.5) is 8.78 Å². The van der Waals surface area contributed by atoms with Gasteiger partial charge in [0.2, 0.25) is 5.91 Å². The van der Waals surface area contributed by atoms with Crippen LogP contribution in [0.5, 0.6) is 0 Å². The minimum absolute atomic E-state index is 0.0621. The highest BCUT2D eigenvalue weighted by Gasteiger charge is 2.21. The summed E-state index contributed by atoms with van der Waals surface area (Å²) in [6.07, 6.45) is 2.14. The number of nitrogens with two attached hydrogens (primary N) is 1. The van der Waals surface area contributed by atoms with Crippen LogP contribution in [0.25, 0.3) is 10.9 Å². The Morgan fingerprint density at radius 3 is 2.67 bits per heavy atom. The number of nitrogens with zero attached hydrogens (tertiary/aromatic N) is 4. The predicted octanol–water partition coefficient (Wildman–Crippen LogP) is 1.58. The van der Waals surface area contributed by atoms with E-state index in [0.29, 0.717) is 5.69 Å². The molecule has 9 heteroatoms. The van der Waals surface area contributed by atoms with Crippen molar-refractivity contribution in [1.29, 1.82) is 5.26 Å². The summed E-state index contributed by atoms with van der Waals surface area (Å²) in [6, 6.07) is 4.43. The number of rotatable bonds is 4. The number of hydrogen-bond acceptors (Lipinski definition) is 5. The molecule has 27 heavy (non-hydrogen) atoms. The van der Waals surface area contributed by atoms with Gasteiger partial charge in [-0.1, -0.05) is 0 Å². The van der Waals surface area contributed by atoms with Crippen molar-refractivity contribution < 1.29 is 13.6 Å². The molecule has 3 aromatic rings. The lowest BCUT2D eigenvalue weighted by molar-refractivity contribution is -0.117. The molecule has 2 N–H and O–H groups in total. The van der Waals surface area contributed by atoms with Crippen LogP contribution in [0.2, 0.25) is 0 Å². The Hall–Kier alpha value is -3.67. The van der Waals surface area contributed by atoms with Crippen LogP contribution in [-0.4, -0.2) is 20.4 Å². The van der Waals surface area contributed by atoms with E-state index < -0.39 is 35.6 Å². The lowest BCUT2D eigenvalue weighted by Gasteiger charge is -2.19. The third kappa shape index (κ3) is 3.25. The van der Waals surface area contributed by atoms with Crippen LogP contribution in [0.1, 0.15) is 29.9 Å². The van der Waals surface area contributed by atoms with E-state index in [0.717, 1.165) is 12.1 Å². The summed E-state index contributed by atoms with van der Waals surface area (Å²) in [5, 5.41) is 8.66. The van der Waals surface area contributed by atoms with E-state index in [1.807, 2.05) is 6.07 Å². The molecule has 1 unspecified atom stereocenters. The largest absolute Gasteiger partial charge is 0.369 e. The Morgan fingerprint density at radius 2 is 2.07 bits per heavy atom. The minimum Gasteiger partial charge on any atom is -0.369 e. The van der Waals surface area contributed by atoms with E-state index >= 15 is 0 Å². The Morgan fingerprint density at radius 1 is 1.33 bits per heavy atom. The first kappa shape index (κ1) is 18.1. The standard InChI is InChI=1S/C18H13F2N5O2/c1-9(14-8-23-11(6-21)7-24-14)25-15-3-2-13(19)17(20)12(15)4-10(18(25)27)5-16(22)26/h2-4,7-9H,5H2,1H3,(H2,22,26). The van der Waals surface area contributed by atoms with Crippen LogP contribution in [-0.2, 0) is 11.2 Å². The summed E-state index contributed by atoms with van der Waals surface area (Å²) < 4.78 is 29.2. The Balaban J connectivity index is 2.30. The third-order valence-corrected chi connectivity index (χ3v) is 4.15. The number of halogens is 2. The second-order valence-corrected chi connectivity index (χ2v) is 5.90. The molecule has 2 aromatic heterocycles. The van der Waals surface area contributed by atoms with Crippen LogP contribution in [0, 0.1) is 23.0 Å². The van der Waals surface area contributed by atoms with Gasteiger partial charge in [-0.25, -0.2) is 13.8 Å². The van der Waals surface area contributed by atoms with Crippen LogP contribution in [0.15, 0.2) is 35.4 Å². The van der Waals surface area contributed by atoms with E-state index in [4.69, 9.17) is 11.0 Å². The molecule has 7 nitrogen and oxygen atoms in total. The Labute approximate surface area is 151 Å². The molecular weight excluding hydrogens is 356 g/mol. The number of amides is 1. The van der Waals surface area contributed by atoms with Crippen molar-refractivity contribution in [1.82, 2.24) is 14.5 Å². The first-order valence-corrected chi connectivity index (χ1v) is 7.86. The van der Waals surface area contributed by atoms with Crippen molar-refractivity contribution in [2.75, 3.05) is 0 Å². The molecule has 3 rings (SSSR count). The molecule has 0 aliphatic heterocycles. The average molecular weight is 369 g/mol. The zero-order valence-corrected chi connectivity index (χ0v) is 14.1. The second-order valence-electron chi connectivity index (χ2n) is 5.90. The van der Waals surface area contributed by atoms with E-state index in [1.165, 1.54) is 23.0 Å². The van der Waals surface area contributed by atoms with Gasteiger partial charge in [0.25, 0.3) is 5.56 Å². The van der Waals surface area contributed by atoms with Gasteiger partial charge in [0, 0.05) is 10.9 Å². The second kappa shape index (κ2) is 6.92. The van der Waals surface area contributed by atoms with Gasteiger partial charge in [-0.3, -0.25) is 19.1 Å². The fourth-order valence-corrected chi connectivity index (χ4v) is 2.85. The molecule has 2 heterocycles. The molecule has 0 saturated heterocycles. The number of carbonyl (C=O) groups excluding carboxylic acids is 1. The minimum atomic E-state index is -1.13. The zero-order valence-electron chi connectivity index (χ0n) is 14.1. The Kier molecular flexibility index (Phi) is 4.64. The monoisotopic (exact) mass is 369 g/mol. The van der Waals surface area contributed by atoms with Crippen LogP contribution >= 0.6 is 0 Å². The molecule has 0 radical (unpaired) electrons. The predicted molar refractivity (Wildman–Crippen MR) is 91.6 cm³/mol. The van der Waals surface area contributed by atoms with Crippen molar-refractivity contribution in [3.63, 3.8) is 0 Å². The van der Waals surface area contributed by atoms with Crippen molar-refractivity contribution in [3.05, 3.63) is 69.5 Å². The first-order chi connectivity index (χ1) is 12.8. The van der Waals surface area contributed by atoms with Gasteiger partial charge >= 0.3 is 0 Å². The maximum absolute atomic E-state index is 14.3. The fraction of sp³-hybridized carbons (Fsp3) is 0.167. The number of nitriles is 1. The lowest BCUT2D eigenvalue weighted by Crippen LogP contribution is -2.30. The van der Waals surface area contributed by atoms with Crippen molar-refractivity contribution >= 4 is 16.8 Å². The molecule has 0 aliphatic rings. The first-order valence-electron chi connectivity index (χ1n) is 7.86. The number of aromatic nitrogens is 3. The van der Waals surface area contributed by atoms with Crippen LogP contribution in [0.3, 0.4) is 0 Å². The van der Waals surface area contributed by atoms with E-state index in [2.05, 4.69) is 9.97 Å². The summed E-state index contributed by atoms with van der Waals surface area (Å²) in [5.74, 6) is -2.99. The summed E-state index contributed by atoms with van der Waals surface area (Å²) in [6.45, 7) is 1.62. The molecular formula is C18H13F2N5O2. The number of primary amides is 1. The zero-order chi connectivity index (χ0) is 19.7. The molecule has 136 valence electrons. The SMILES string of the molecule is CC(c1cnc(C#N)cn1)n1c(=O)c(CC(N)=O)cc2c(F)c(F)ccc21. The molecule has 1 aromatic carbocycles. The topological polar surface area (TPSA) is 115 Å². The summed E-state index contributed by atoms with van der Waals surface area (Å²) >= 11 is 0. The summed E-state index contributed by atoms with van der Waals surface area (Å²) in [7, 11) is 0. The maximum atomic E-state index is 14.3. The van der Waals surface area contributed by atoms with Gasteiger partial charge in [0.1, 0.15) is 6.07 Å². The van der Waals surface area contributed by atoms with Crippen molar-refractivity contribution in [2.45, 2.75) is 19.4 Å². The molecule has 0 bridgehead atoms. The summed E-state index contributed by atoms with van der Waals surface area (Å²) in [4.78, 5) is 32.2. The average Bonchev–Trinajstić information content (AvgIpc) is 2.65. The highest BCUT2D eigenvalue weighted by atomic mass is 19.2. The summed E-state index contributed by atoms with van der Waals surface area (Å²) in [5.41, 5.74) is 5.09. The smallest absolute Gasteiger partial charge is 0.255 e. The van der Waals surface area contributed by atoms with Crippen molar-refractivity contribution in [3.8, 4) is 6.07 Å². The molecule has 0 fully saturated rings.